The SMILES string of the molecule is O=C(NCCc1ccc(N2CCOCC2)cc1)c1ccc(C(F)(F)F)cc1. The van der Waals surface area contributed by atoms with Crippen molar-refractivity contribution in [3.05, 3.63) is 65.2 Å². The molecule has 1 N–H and O–H groups in total. The fourth-order valence-electron chi connectivity index (χ4n) is 2.93. The Morgan fingerprint density at radius 3 is 2.22 bits per heavy atom. The summed E-state index contributed by atoms with van der Waals surface area (Å²) in [7, 11) is 0. The smallest absolute Gasteiger partial charge is 0.378 e. The van der Waals surface area contributed by atoms with Crippen LogP contribution in [0.1, 0.15) is 21.5 Å². The van der Waals surface area contributed by atoms with Crippen molar-refractivity contribution in [2.45, 2.75) is 12.6 Å². The second-order valence-electron chi connectivity index (χ2n) is 6.35. The summed E-state index contributed by atoms with van der Waals surface area (Å²) in [5.41, 5.74) is 1.68. The predicted molar refractivity (Wildman–Crippen MR) is 97.0 cm³/mol. The topological polar surface area (TPSA) is 41.6 Å². The number of hydrogen-bond acceptors (Lipinski definition) is 3. The van der Waals surface area contributed by atoms with Crippen LogP contribution in [0.15, 0.2) is 48.5 Å². The highest BCUT2D eigenvalue weighted by atomic mass is 19.4. The van der Waals surface area contributed by atoms with Crippen molar-refractivity contribution in [3.8, 4) is 0 Å². The highest BCUT2D eigenvalue weighted by molar-refractivity contribution is 5.94. The van der Waals surface area contributed by atoms with Crippen LogP contribution in [-0.2, 0) is 17.3 Å². The predicted octanol–water partition coefficient (Wildman–Crippen LogP) is 3.51. The van der Waals surface area contributed by atoms with Crippen LogP contribution in [0.2, 0.25) is 0 Å². The van der Waals surface area contributed by atoms with Crippen molar-refractivity contribution >= 4 is 11.6 Å². The van der Waals surface area contributed by atoms with Crippen molar-refractivity contribution in [1.29, 1.82) is 0 Å². The molecule has 4 nitrogen and oxygen atoms in total. The molecular weight excluding hydrogens is 357 g/mol. The number of amides is 1. The van der Waals surface area contributed by atoms with E-state index in [4.69, 9.17) is 4.74 Å². The lowest BCUT2D eigenvalue weighted by atomic mass is 10.1. The maximum Gasteiger partial charge on any atom is 0.416 e. The van der Waals surface area contributed by atoms with Gasteiger partial charge in [0.05, 0.1) is 18.8 Å². The number of alkyl halides is 3. The van der Waals surface area contributed by atoms with Gasteiger partial charge in [0, 0.05) is 30.9 Å². The minimum absolute atomic E-state index is 0.214. The van der Waals surface area contributed by atoms with Crippen LogP contribution >= 0.6 is 0 Å². The summed E-state index contributed by atoms with van der Waals surface area (Å²) in [5, 5.41) is 2.74. The van der Waals surface area contributed by atoms with Gasteiger partial charge in [0.1, 0.15) is 0 Å². The van der Waals surface area contributed by atoms with Crippen molar-refractivity contribution in [2.24, 2.45) is 0 Å². The van der Waals surface area contributed by atoms with Crippen LogP contribution in [0.5, 0.6) is 0 Å². The van der Waals surface area contributed by atoms with E-state index in [-0.39, 0.29) is 11.5 Å². The van der Waals surface area contributed by atoms with E-state index in [0.29, 0.717) is 13.0 Å². The average Bonchev–Trinajstić information content (AvgIpc) is 2.68. The van der Waals surface area contributed by atoms with Crippen molar-refractivity contribution in [1.82, 2.24) is 5.32 Å². The first-order chi connectivity index (χ1) is 12.9. The molecular formula is C20H21F3N2O2. The number of carbonyl (C=O) groups is 1. The lowest BCUT2D eigenvalue weighted by Crippen LogP contribution is -2.36. The molecule has 1 saturated heterocycles. The maximum absolute atomic E-state index is 12.5. The summed E-state index contributed by atoms with van der Waals surface area (Å²) in [4.78, 5) is 14.3. The van der Waals surface area contributed by atoms with Gasteiger partial charge in [-0.05, 0) is 48.4 Å². The summed E-state index contributed by atoms with van der Waals surface area (Å²) < 4.78 is 43.0. The summed E-state index contributed by atoms with van der Waals surface area (Å²) in [6, 6.07) is 12.4. The van der Waals surface area contributed by atoms with Gasteiger partial charge in [-0.3, -0.25) is 4.79 Å². The molecule has 1 fully saturated rings. The summed E-state index contributed by atoms with van der Waals surface area (Å²) >= 11 is 0. The van der Waals surface area contributed by atoms with Gasteiger partial charge < -0.3 is 15.0 Å². The second kappa shape index (κ2) is 8.43. The Hall–Kier alpha value is -2.54. The van der Waals surface area contributed by atoms with Gasteiger partial charge in [0.15, 0.2) is 0 Å². The molecule has 0 unspecified atom stereocenters. The largest absolute Gasteiger partial charge is 0.416 e. The Morgan fingerprint density at radius 1 is 1.00 bits per heavy atom. The molecule has 0 spiro atoms. The Labute approximate surface area is 155 Å². The molecule has 1 aliphatic rings. The van der Waals surface area contributed by atoms with Crippen LogP contribution in [0.4, 0.5) is 18.9 Å². The monoisotopic (exact) mass is 378 g/mol. The van der Waals surface area contributed by atoms with E-state index in [9.17, 15) is 18.0 Å². The van der Waals surface area contributed by atoms with Gasteiger partial charge in [-0.15, -0.1) is 0 Å². The Bertz CT molecular complexity index is 752. The standard InChI is InChI=1S/C20H21F3N2O2/c21-20(22,23)17-5-3-16(4-6-17)19(26)24-10-9-15-1-7-18(8-2-15)25-11-13-27-14-12-25/h1-8H,9-14H2,(H,24,26). The number of anilines is 1. The first-order valence-corrected chi connectivity index (χ1v) is 8.80. The third-order valence-electron chi connectivity index (χ3n) is 4.49. The zero-order valence-electron chi connectivity index (χ0n) is 14.8. The molecule has 0 aliphatic carbocycles. The van der Waals surface area contributed by atoms with Crippen molar-refractivity contribution in [2.75, 3.05) is 37.7 Å². The molecule has 0 saturated carbocycles. The Balaban J connectivity index is 1.48. The number of hydrogen-bond donors (Lipinski definition) is 1. The molecule has 144 valence electrons. The van der Waals surface area contributed by atoms with Gasteiger partial charge in [-0.2, -0.15) is 13.2 Å². The number of benzene rings is 2. The van der Waals surface area contributed by atoms with Gasteiger partial charge in [0.2, 0.25) is 0 Å². The number of carbonyl (C=O) groups excluding carboxylic acids is 1. The lowest BCUT2D eigenvalue weighted by Gasteiger charge is -2.28. The third kappa shape index (κ3) is 5.23. The van der Waals surface area contributed by atoms with E-state index in [0.717, 1.165) is 49.7 Å². The minimum atomic E-state index is -4.40. The van der Waals surface area contributed by atoms with Crippen LogP contribution in [-0.4, -0.2) is 38.8 Å². The van der Waals surface area contributed by atoms with Gasteiger partial charge >= 0.3 is 6.18 Å². The average molecular weight is 378 g/mol. The first-order valence-electron chi connectivity index (χ1n) is 8.80. The second-order valence-corrected chi connectivity index (χ2v) is 6.35. The van der Waals surface area contributed by atoms with E-state index in [1.807, 2.05) is 12.1 Å². The molecule has 1 heterocycles. The molecule has 0 radical (unpaired) electrons. The fraction of sp³-hybridized carbons (Fsp3) is 0.350. The molecule has 2 aromatic carbocycles. The molecule has 0 atom stereocenters. The number of nitrogens with one attached hydrogen (secondary N) is 1. The summed E-state index contributed by atoms with van der Waals surface area (Å²) in [6.45, 7) is 3.64. The van der Waals surface area contributed by atoms with Gasteiger partial charge in [0.25, 0.3) is 5.91 Å². The van der Waals surface area contributed by atoms with Gasteiger partial charge in [-0.25, -0.2) is 0 Å². The van der Waals surface area contributed by atoms with E-state index < -0.39 is 11.7 Å². The quantitative estimate of drug-likeness (QED) is 0.866. The van der Waals surface area contributed by atoms with E-state index in [1.165, 1.54) is 12.1 Å². The number of morpholine rings is 1. The van der Waals surface area contributed by atoms with Gasteiger partial charge in [-0.1, -0.05) is 12.1 Å². The molecule has 3 rings (SSSR count). The molecule has 1 aliphatic heterocycles. The van der Waals surface area contributed by atoms with Crippen molar-refractivity contribution < 1.29 is 22.7 Å². The van der Waals surface area contributed by atoms with E-state index in [1.54, 1.807) is 0 Å². The van der Waals surface area contributed by atoms with Crippen molar-refractivity contribution in [3.63, 3.8) is 0 Å². The van der Waals surface area contributed by atoms with Crippen LogP contribution in [0, 0.1) is 0 Å². The highest BCUT2D eigenvalue weighted by Gasteiger charge is 2.30. The minimum Gasteiger partial charge on any atom is -0.378 e. The molecule has 0 aromatic heterocycles. The van der Waals surface area contributed by atoms with Crippen LogP contribution in [0.25, 0.3) is 0 Å². The highest BCUT2D eigenvalue weighted by Crippen LogP contribution is 2.29. The fourth-order valence-corrected chi connectivity index (χ4v) is 2.93. The summed E-state index contributed by atoms with van der Waals surface area (Å²) in [6.07, 6.45) is -3.75. The molecule has 7 heteroatoms. The molecule has 0 bridgehead atoms. The van der Waals surface area contributed by atoms with E-state index >= 15 is 0 Å². The third-order valence-corrected chi connectivity index (χ3v) is 4.49. The van der Waals surface area contributed by atoms with Crippen LogP contribution < -0.4 is 10.2 Å². The first kappa shape index (κ1) is 19.2. The lowest BCUT2D eigenvalue weighted by molar-refractivity contribution is -0.137. The number of ether oxygens (including phenoxy) is 1. The Kier molecular flexibility index (Phi) is 6.01. The Morgan fingerprint density at radius 2 is 1.63 bits per heavy atom. The summed E-state index contributed by atoms with van der Waals surface area (Å²) in [5.74, 6) is -0.381. The van der Waals surface area contributed by atoms with E-state index in [2.05, 4.69) is 22.3 Å². The zero-order chi connectivity index (χ0) is 19.3. The number of halogens is 3. The maximum atomic E-state index is 12.5. The zero-order valence-corrected chi connectivity index (χ0v) is 14.8. The normalized spacial score (nSPS) is 14.9. The molecule has 2 aromatic rings. The molecule has 1 amide bonds. The molecule has 27 heavy (non-hydrogen) atoms. The number of nitrogens with zero attached hydrogens (tertiary/aromatic N) is 1. The number of rotatable bonds is 5. The van der Waals surface area contributed by atoms with Crippen LogP contribution in [0.3, 0.4) is 0 Å².